The lowest BCUT2D eigenvalue weighted by Gasteiger charge is -2.26. The van der Waals surface area contributed by atoms with Gasteiger partial charge in [-0.3, -0.25) is 7.50 Å². The van der Waals surface area contributed by atoms with Crippen molar-refractivity contribution in [1.82, 2.24) is 2.78 Å². The summed E-state index contributed by atoms with van der Waals surface area (Å²) in [6, 6.07) is 12.4. The number of carboxylic acid groups (broad SMARTS) is 1. The van der Waals surface area contributed by atoms with E-state index in [0.29, 0.717) is 35.8 Å². The molecule has 0 fully saturated rings. The molecule has 9 nitrogen and oxygen atoms in total. The van der Waals surface area contributed by atoms with Gasteiger partial charge in [-0.1, -0.05) is 12.1 Å². The molecule has 32 heavy (non-hydrogen) atoms. The van der Waals surface area contributed by atoms with E-state index in [4.69, 9.17) is 4.74 Å². The Bertz CT molecular complexity index is 1240. The van der Waals surface area contributed by atoms with Crippen molar-refractivity contribution >= 4 is 61.1 Å². The first-order valence-corrected chi connectivity index (χ1v) is 12.6. The van der Waals surface area contributed by atoms with Crippen molar-refractivity contribution < 1.29 is 28.2 Å². The van der Waals surface area contributed by atoms with Gasteiger partial charge in [0.15, 0.2) is 0 Å². The molecule has 172 valence electrons. The highest BCUT2D eigenvalue weighted by Gasteiger charge is 2.19. The number of hydrogen-bond acceptors (Lipinski definition) is 6. The van der Waals surface area contributed by atoms with E-state index >= 15 is 0 Å². The number of carbonyl (C=O) groups is 1. The molecule has 0 radical (unpaired) electrons. The van der Waals surface area contributed by atoms with Crippen LogP contribution >= 0.6 is 22.9 Å². The number of aromatic nitrogens is 1. The van der Waals surface area contributed by atoms with Gasteiger partial charge in [-0.05, 0) is 36.8 Å². The molecule has 0 atom stereocenters. The van der Waals surface area contributed by atoms with Crippen LogP contribution in [0.5, 0.6) is 5.75 Å². The van der Waals surface area contributed by atoms with Crippen LogP contribution in [0.2, 0.25) is 0 Å². The van der Waals surface area contributed by atoms with Crippen LogP contribution in [0, 0.1) is 6.92 Å². The van der Waals surface area contributed by atoms with Gasteiger partial charge in [0.25, 0.3) is 0 Å². The number of para-hydroxylation sites is 2. The van der Waals surface area contributed by atoms with Gasteiger partial charge in [0, 0.05) is 18.0 Å². The van der Waals surface area contributed by atoms with E-state index in [1.165, 1.54) is 0 Å². The van der Waals surface area contributed by atoms with Crippen molar-refractivity contribution in [2.24, 2.45) is 0 Å². The highest BCUT2D eigenvalue weighted by Crippen LogP contribution is 2.31. The first-order valence-electron chi connectivity index (χ1n) is 9.72. The lowest BCUT2D eigenvalue weighted by molar-refractivity contribution is 0.0690. The molecule has 11 heteroatoms. The van der Waals surface area contributed by atoms with Crippen LogP contribution in [0.25, 0.3) is 10.9 Å². The third-order valence-electron chi connectivity index (χ3n) is 4.88. The minimum atomic E-state index is -3.46. The maximum atomic E-state index is 11.7. The van der Waals surface area contributed by atoms with Gasteiger partial charge in [0.1, 0.15) is 18.1 Å². The summed E-state index contributed by atoms with van der Waals surface area (Å²) in [5.74, 6) is -0.409. The van der Waals surface area contributed by atoms with Crippen LogP contribution in [-0.2, 0) is 10.0 Å². The van der Waals surface area contributed by atoms with Crippen LogP contribution in [-0.4, -0.2) is 59.9 Å². The van der Waals surface area contributed by atoms with Gasteiger partial charge in [-0.15, -0.1) is 0 Å². The van der Waals surface area contributed by atoms with Crippen LogP contribution in [0.15, 0.2) is 42.5 Å². The van der Waals surface area contributed by atoms with Gasteiger partial charge in [-0.25, -0.2) is 13.2 Å². The molecule has 0 bridgehead atoms. The number of anilines is 2. The van der Waals surface area contributed by atoms with E-state index in [9.17, 15) is 23.4 Å². The number of rotatable bonds is 10. The van der Waals surface area contributed by atoms with E-state index in [1.807, 2.05) is 33.8 Å². The van der Waals surface area contributed by atoms with Gasteiger partial charge in [-0.2, -0.15) is 0 Å². The van der Waals surface area contributed by atoms with Crippen molar-refractivity contribution in [2.75, 3.05) is 42.2 Å². The second-order valence-corrected chi connectivity index (χ2v) is 9.90. The van der Waals surface area contributed by atoms with Gasteiger partial charge in [0.2, 0.25) is 10.0 Å². The first-order chi connectivity index (χ1) is 15.1. The number of halogens is 1. The number of nitrogens with one attached hydrogen (secondary N) is 1. The topological polar surface area (TPSA) is 121 Å². The third-order valence-corrected chi connectivity index (χ3v) is 6.47. The normalized spacial score (nSPS) is 11.5. The molecule has 3 rings (SSSR count). The Morgan fingerprint density at radius 3 is 2.59 bits per heavy atom. The number of carboxylic acids is 1. The summed E-state index contributed by atoms with van der Waals surface area (Å²) in [6.45, 7) is 2.62. The summed E-state index contributed by atoms with van der Waals surface area (Å²) < 4.78 is 33.4. The van der Waals surface area contributed by atoms with Gasteiger partial charge >= 0.3 is 5.97 Å². The molecular formula is C21H24IN3O6S. The number of aliphatic hydroxyl groups excluding tert-OH is 1. The minimum absolute atomic E-state index is 0.112. The quantitative estimate of drug-likeness (QED) is 0.319. The second kappa shape index (κ2) is 9.96. The molecule has 0 saturated carbocycles. The Hall–Kier alpha value is -2.51. The van der Waals surface area contributed by atoms with Crippen LogP contribution < -0.4 is 14.4 Å². The molecule has 3 aromatic rings. The highest BCUT2D eigenvalue weighted by atomic mass is 127. The molecule has 0 amide bonds. The lowest BCUT2D eigenvalue weighted by atomic mass is 10.1. The molecule has 2 aromatic carbocycles. The number of benzene rings is 2. The standard InChI is InChI=1S/C21H24IN3O6S/c1-14-16-8-7-15(13-19(16)25(22)20(14)21(27)28)31-12-10-24(9-11-26)18-6-4-3-5-17(18)23-32(2,29)30/h3-8,13,23,26H,9-12H2,1-2H3,(H,27,28). The zero-order valence-corrected chi connectivity index (χ0v) is 20.6. The number of hydrogen-bond donors (Lipinski definition) is 3. The molecule has 3 N–H and O–H groups in total. The fourth-order valence-corrected chi connectivity index (χ4v) is 5.04. The Labute approximate surface area is 200 Å². The van der Waals surface area contributed by atoms with Crippen molar-refractivity contribution in [3.63, 3.8) is 0 Å². The molecule has 0 spiro atoms. The third kappa shape index (κ3) is 5.45. The second-order valence-electron chi connectivity index (χ2n) is 7.19. The molecular weight excluding hydrogens is 549 g/mol. The summed E-state index contributed by atoms with van der Waals surface area (Å²) >= 11 is 1.96. The summed E-state index contributed by atoms with van der Waals surface area (Å²) in [4.78, 5) is 13.4. The Morgan fingerprint density at radius 2 is 1.94 bits per heavy atom. The number of aromatic carboxylic acids is 1. The van der Waals surface area contributed by atoms with E-state index in [2.05, 4.69) is 4.72 Å². The summed E-state index contributed by atoms with van der Waals surface area (Å²) in [5, 5.41) is 19.8. The molecule has 1 heterocycles. The van der Waals surface area contributed by atoms with E-state index < -0.39 is 16.0 Å². The lowest BCUT2D eigenvalue weighted by Crippen LogP contribution is -2.32. The molecule has 1 aromatic heterocycles. The summed E-state index contributed by atoms with van der Waals surface area (Å²) in [5.41, 5.74) is 2.71. The molecule has 0 aliphatic carbocycles. The number of fused-ring (bicyclic) bond motifs is 1. The SMILES string of the molecule is Cc1c(C(=O)O)n(I)c2cc(OCCN(CCO)c3ccccc3NS(C)(=O)=O)ccc12. The minimum Gasteiger partial charge on any atom is -0.492 e. The maximum absolute atomic E-state index is 11.7. The van der Waals surface area contributed by atoms with Crippen LogP contribution in [0.3, 0.4) is 0 Å². The molecule has 0 aliphatic heterocycles. The highest BCUT2D eigenvalue weighted by molar-refractivity contribution is 14.1. The first kappa shape index (κ1) is 24.1. The summed E-state index contributed by atoms with van der Waals surface area (Å²) in [6.07, 6.45) is 1.08. The number of sulfonamides is 1. The smallest absolute Gasteiger partial charge is 0.353 e. The van der Waals surface area contributed by atoms with E-state index in [0.717, 1.165) is 17.2 Å². The monoisotopic (exact) mass is 573 g/mol. The number of aryl methyl sites for hydroxylation is 1. The Kier molecular flexibility index (Phi) is 7.51. The van der Waals surface area contributed by atoms with E-state index in [-0.39, 0.29) is 18.9 Å². The van der Waals surface area contributed by atoms with Crippen molar-refractivity contribution in [3.8, 4) is 5.75 Å². The molecule has 0 saturated heterocycles. The number of ether oxygens (including phenoxy) is 1. The average molecular weight is 573 g/mol. The zero-order valence-electron chi connectivity index (χ0n) is 17.6. The fraction of sp³-hybridized carbons (Fsp3) is 0.286. The molecule has 0 aliphatic rings. The summed E-state index contributed by atoms with van der Waals surface area (Å²) in [7, 11) is -3.46. The van der Waals surface area contributed by atoms with Crippen molar-refractivity contribution in [1.29, 1.82) is 0 Å². The fourth-order valence-electron chi connectivity index (χ4n) is 3.50. The Balaban J connectivity index is 1.78. The number of nitrogens with zero attached hydrogens (tertiary/aromatic N) is 2. The predicted molar refractivity (Wildman–Crippen MR) is 133 cm³/mol. The van der Waals surface area contributed by atoms with Gasteiger partial charge < -0.3 is 19.8 Å². The van der Waals surface area contributed by atoms with Crippen LogP contribution in [0.1, 0.15) is 16.1 Å². The largest absolute Gasteiger partial charge is 0.492 e. The maximum Gasteiger partial charge on any atom is 0.353 e. The van der Waals surface area contributed by atoms with Crippen molar-refractivity contribution in [2.45, 2.75) is 6.92 Å². The van der Waals surface area contributed by atoms with E-state index in [1.54, 1.807) is 46.1 Å². The predicted octanol–water partition coefficient (Wildman–Crippen LogP) is 3.10. The van der Waals surface area contributed by atoms with Crippen LogP contribution in [0.4, 0.5) is 11.4 Å². The average Bonchev–Trinajstić information content (AvgIpc) is 2.96. The van der Waals surface area contributed by atoms with Gasteiger partial charge in [0.05, 0.1) is 59.2 Å². The number of aliphatic hydroxyl groups is 1. The Morgan fingerprint density at radius 1 is 1.22 bits per heavy atom. The molecule has 0 unspecified atom stereocenters. The zero-order chi connectivity index (χ0) is 23.5. The van der Waals surface area contributed by atoms with Crippen molar-refractivity contribution in [3.05, 3.63) is 53.7 Å².